The summed E-state index contributed by atoms with van der Waals surface area (Å²) in [6.45, 7) is 5.80. The normalized spacial score (nSPS) is 23.1. The molecular formula is C14H19BrN2O. The third-order valence-electron chi connectivity index (χ3n) is 3.92. The highest BCUT2D eigenvalue weighted by Crippen LogP contribution is 2.32. The van der Waals surface area contributed by atoms with Gasteiger partial charge in [0.2, 0.25) is 5.91 Å². The summed E-state index contributed by atoms with van der Waals surface area (Å²) < 4.78 is 1.02. The number of anilines is 1. The van der Waals surface area contributed by atoms with Gasteiger partial charge in [0.25, 0.3) is 0 Å². The number of hydrogen-bond donors (Lipinski definition) is 2. The number of benzene rings is 1. The molecule has 1 fully saturated rings. The van der Waals surface area contributed by atoms with E-state index in [0.717, 1.165) is 41.7 Å². The highest BCUT2D eigenvalue weighted by molar-refractivity contribution is 9.10. The molecule has 1 aliphatic rings. The molecule has 3 nitrogen and oxygen atoms in total. The largest absolute Gasteiger partial charge is 0.325 e. The van der Waals surface area contributed by atoms with Gasteiger partial charge in [-0.05, 0) is 44.0 Å². The Bertz CT molecular complexity index is 453. The van der Waals surface area contributed by atoms with Gasteiger partial charge in [0.15, 0.2) is 0 Å². The zero-order valence-corrected chi connectivity index (χ0v) is 12.4. The molecule has 4 heteroatoms. The lowest BCUT2D eigenvalue weighted by atomic mass is 9.83. The zero-order valence-electron chi connectivity index (χ0n) is 10.8. The van der Waals surface area contributed by atoms with Gasteiger partial charge in [0.05, 0.1) is 5.41 Å². The molecule has 0 radical (unpaired) electrons. The molecule has 1 aliphatic heterocycles. The van der Waals surface area contributed by atoms with Gasteiger partial charge in [-0.2, -0.15) is 0 Å². The number of halogens is 1. The summed E-state index contributed by atoms with van der Waals surface area (Å²) in [4.78, 5) is 12.5. The number of nitrogens with one attached hydrogen (secondary N) is 2. The minimum Gasteiger partial charge on any atom is -0.325 e. The van der Waals surface area contributed by atoms with E-state index in [9.17, 15) is 4.79 Å². The Morgan fingerprint density at radius 2 is 2.33 bits per heavy atom. The summed E-state index contributed by atoms with van der Waals surface area (Å²) in [6, 6.07) is 5.87. The maximum atomic E-state index is 12.5. The van der Waals surface area contributed by atoms with Crippen molar-refractivity contribution in [3.05, 3.63) is 28.2 Å². The van der Waals surface area contributed by atoms with E-state index in [2.05, 4.69) is 33.5 Å². The number of carbonyl (C=O) groups is 1. The summed E-state index contributed by atoms with van der Waals surface area (Å²) in [5.74, 6) is 0.135. The minimum atomic E-state index is -0.241. The van der Waals surface area contributed by atoms with Crippen LogP contribution in [0.25, 0.3) is 0 Å². The van der Waals surface area contributed by atoms with Crippen LogP contribution in [0.2, 0.25) is 0 Å². The fraction of sp³-hybridized carbons (Fsp3) is 0.500. The fourth-order valence-corrected chi connectivity index (χ4v) is 2.76. The van der Waals surface area contributed by atoms with Gasteiger partial charge >= 0.3 is 0 Å². The molecular weight excluding hydrogens is 292 g/mol. The van der Waals surface area contributed by atoms with Crippen LogP contribution in [-0.4, -0.2) is 19.0 Å². The van der Waals surface area contributed by atoms with E-state index in [1.165, 1.54) is 0 Å². The van der Waals surface area contributed by atoms with Gasteiger partial charge < -0.3 is 10.6 Å². The topological polar surface area (TPSA) is 41.1 Å². The fourth-order valence-electron chi connectivity index (χ4n) is 2.40. The smallest absolute Gasteiger partial charge is 0.231 e. The van der Waals surface area contributed by atoms with Gasteiger partial charge in [0.1, 0.15) is 0 Å². The first kappa shape index (κ1) is 13.6. The third-order valence-corrected chi connectivity index (χ3v) is 4.78. The van der Waals surface area contributed by atoms with E-state index in [1.807, 2.05) is 25.1 Å². The van der Waals surface area contributed by atoms with Crippen molar-refractivity contribution in [3.63, 3.8) is 0 Å². The first-order valence-corrected chi connectivity index (χ1v) is 7.15. The second kappa shape index (κ2) is 5.41. The number of rotatable bonds is 3. The quantitative estimate of drug-likeness (QED) is 0.901. The second-order valence-electron chi connectivity index (χ2n) is 4.93. The molecule has 1 saturated heterocycles. The van der Waals surface area contributed by atoms with E-state index < -0.39 is 0 Å². The van der Waals surface area contributed by atoms with Gasteiger partial charge in [-0.3, -0.25) is 4.79 Å². The Hall–Kier alpha value is -0.870. The summed E-state index contributed by atoms with van der Waals surface area (Å²) >= 11 is 3.49. The van der Waals surface area contributed by atoms with Crippen LogP contribution in [-0.2, 0) is 4.79 Å². The van der Waals surface area contributed by atoms with Crippen molar-refractivity contribution in [2.45, 2.75) is 26.7 Å². The van der Waals surface area contributed by atoms with Crippen molar-refractivity contribution in [2.24, 2.45) is 5.41 Å². The molecule has 98 valence electrons. The lowest BCUT2D eigenvalue weighted by Crippen LogP contribution is -2.37. The van der Waals surface area contributed by atoms with Crippen LogP contribution in [0.15, 0.2) is 22.7 Å². The van der Waals surface area contributed by atoms with Crippen LogP contribution < -0.4 is 10.6 Å². The monoisotopic (exact) mass is 310 g/mol. The Balaban J connectivity index is 2.18. The molecule has 0 saturated carbocycles. The molecule has 1 aromatic rings. The molecule has 2 rings (SSSR count). The van der Waals surface area contributed by atoms with Crippen LogP contribution in [0, 0.1) is 12.3 Å². The SMILES string of the molecule is CCC1(C(=O)Nc2cccc(Br)c2C)CCNC1. The predicted octanol–water partition coefficient (Wildman–Crippen LogP) is 3.09. The lowest BCUT2D eigenvalue weighted by Gasteiger charge is -2.25. The van der Waals surface area contributed by atoms with E-state index in [1.54, 1.807) is 0 Å². The molecule has 2 N–H and O–H groups in total. The van der Waals surface area contributed by atoms with Gasteiger partial charge in [-0.1, -0.05) is 28.9 Å². The molecule has 1 unspecified atom stereocenters. The molecule has 1 amide bonds. The summed E-state index contributed by atoms with van der Waals surface area (Å²) in [6.07, 6.45) is 1.79. The highest BCUT2D eigenvalue weighted by atomic mass is 79.9. The third kappa shape index (κ3) is 2.45. The van der Waals surface area contributed by atoms with Crippen LogP contribution in [0.1, 0.15) is 25.3 Å². The molecule has 0 aliphatic carbocycles. The van der Waals surface area contributed by atoms with Crippen molar-refractivity contribution in [1.82, 2.24) is 5.32 Å². The first-order valence-electron chi connectivity index (χ1n) is 6.36. The van der Waals surface area contributed by atoms with Crippen LogP contribution in [0.3, 0.4) is 0 Å². The Labute approximate surface area is 116 Å². The van der Waals surface area contributed by atoms with Crippen LogP contribution in [0.4, 0.5) is 5.69 Å². The maximum Gasteiger partial charge on any atom is 0.231 e. The zero-order chi connectivity index (χ0) is 13.2. The van der Waals surface area contributed by atoms with Gasteiger partial charge in [0, 0.05) is 16.7 Å². The van der Waals surface area contributed by atoms with E-state index in [4.69, 9.17) is 0 Å². The number of amides is 1. The molecule has 0 spiro atoms. The minimum absolute atomic E-state index is 0.135. The lowest BCUT2D eigenvalue weighted by molar-refractivity contribution is -0.124. The number of hydrogen-bond acceptors (Lipinski definition) is 2. The molecule has 0 aromatic heterocycles. The summed E-state index contributed by atoms with van der Waals surface area (Å²) in [7, 11) is 0. The van der Waals surface area contributed by atoms with Crippen molar-refractivity contribution in [1.29, 1.82) is 0 Å². The van der Waals surface area contributed by atoms with Crippen molar-refractivity contribution < 1.29 is 4.79 Å². The highest BCUT2D eigenvalue weighted by Gasteiger charge is 2.39. The Kier molecular flexibility index (Phi) is 4.07. The predicted molar refractivity (Wildman–Crippen MR) is 77.7 cm³/mol. The standard InChI is InChI=1S/C14H19BrN2O/c1-3-14(7-8-16-9-14)13(18)17-12-6-4-5-11(15)10(12)2/h4-6,16H,3,7-9H2,1-2H3,(H,17,18). The Morgan fingerprint density at radius 1 is 1.56 bits per heavy atom. The molecule has 18 heavy (non-hydrogen) atoms. The molecule has 1 aromatic carbocycles. The van der Waals surface area contributed by atoms with Gasteiger partial charge in [-0.15, -0.1) is 0 Å². The summed E-state index contributed by atoms with van der Waals surface area (Å²) in [5, 5.41) is 6.36. The van der Waals surface area contributed by atoms with Crippen LogP contribution >= 0.6 is 15.9 Å². The van der Waals surface area contributed by atoms with E-state index in [-0.39, 0.29) is 11.3 Å². The molecule has 0 bridgehead atoms. The Morgan fingerprint density at radius 3 is 2.94 bits per heavy atom. The average molecular weight is 311 g/mol. The summed E-state index contributed by atoms with van der Waals surface area (Å²) in [5.41, 5.74) is 1.73. The van der Waals surface area contributed by atoms with E-state index >= 15 is 0 Å². The van der Waals surface area contributed by atoms with Crippen molar-refractivity contribution >= 4 is 27.5 Å². The van der Waals surface area contributed by atoms with Crippen molar-refractivity contribution in [3.8, 4) is 0 Å². The number of carbonyl (C=O) groups excluding carboxylic acids is 1. The van der Waals surface area contributed by atoms with Gasteiger partial charge in [-0.25, -0.2) is 0 Å². The first-order chi connectivity index (χ1) is 8.59. The molecule has 1 atom stereocenters. The maximum absolute atomic E-state index is 12.5. The second-order valence-corrected chi connectivity index (χ2v) is 5.78. The molecule has 1 heterocycles. The average Bonchev–Trinajstić information content (AvgIpc) is 2.85. The van der Waals surface area contributed by atoms with E-state index in [0.29, 0.717) is 0 Å². The van der Waals surface area contributed by atoms with Crippen LogP contribution in [0.5, 0.6) is 0 Å². The van der Waals surface area contributed by atoms with Crippen molar-refractivity contribution in [2.75, 3.05) is 18.4 Å².